The lowest BCUT2D eigenvalue weighted by Crippen LogP contribution is -2.26. The molecule has 0 aliphatic carbocycles. The minimum absolute atomic E-state index is 0.0800. The number of benzene rings is 3. The maximum absolute atomic E-state index is 14.1. The van der Waals surface area contributed by atoms with E-state index in [1.54, 1.807) is 45.4 Å². The monoisotopic (exact) mass is 545 g/mol. The fourth-order valence-corrected chi connectivity index (χ4v) is 4.58. The van der Waals surface area contributed by atoms with Crippen LogP contribution in [0.4, 0.5) is 23.2 Å². The number of ether oxygens (including phenoxy) is 2. The third-order valence-corrected chi connectivity index (χ3v) is 6.95. The van der Waals surface area contributed by atoms with Crippen LogP contribution in [-0.2, 0) is 4.79 Å². The Hall–Kier alpha value is -3.99. The van der Waals surface area contributed by atoms with E-state index in [1.807, 2.05) is 29.6 Å². The summed E-state index contributed by atoms with van der Waals surface area (Å²) in [6.07, 6.45) is 0.230. The van der Waals surface area contributed by atoms with Crippen molar-refractivity contribution in [1.82, 2.24) is 9.97 Å². The largest absolute Gasteiger partial charge is 0.497 e. The van der Waals surface area contributed by atoms with Crippen LogP contribution < -0.4 is 14.8 Å². The highest BCUT2D eigenvalue weighted by Gasteiger charge is 2.26. The van der Waals surface area contributed by atoms with E-state index in [-0.39, 0.29) is 12.5 Å². The van der Waals surface area contributed by atoms with Crippen molar-refractivity contribution in [1.29, 1.82) is 0 Å². The van der Waals surface area contributed by atoms with E-state index in [0.717, 1.165) is 22.9 Å². The van der Waals surface area contributed by atoms with Crippen molar-refractivity contribution in [3.63, 3.8) is 0 Å². The van der Waals surface area contributed by atoms with E-state index in [0.29, 0.717) is 28.0 Å². The highest BCUT2D eigenvalue weighted by Crippen LogP contribution is 2.36. The summed E-state index contributed by atoms with van der Waals surface area (Å²) in [6, 6.07) is 14.6. The van der Waals surface area contributed by atoms with Crippen LogP contribution in [0.25, 0.3) is 22.5 Å². The zero-order chi connectivity index (χ0) is 27.4. The van der Waals surface area contributed by atoms with Gasteiger partial charge in [-0.15, -0.1) is 0 Å². The molecule has 3 aromatic carbocycles. The smallest absolute Gasteiger partial charge is 0.238 e. The number of halogens is 4. The Morgan fingerprint density at radius 1 is 0.921 bits per heavy atom. The zero-order valence-corrected chi connectivity index (χ0v) is 21.4. The number of amides is 1. The van der Waals surface area contributed by atoms with Gasteiger partial charge in [-0.25, -0.2) is 22.5 Å². The Kier molecular flexibility index (Phi) is 8.26. The van der Waals surface area contributed by atoms with Crippen molar-refractivity contribution in [3.8, 4) is 34.0 Å². The molecule has 1 amide bonds. The van der Waals surface area contributed by atoms with E-state index < -0.39 is 40.1 Å². The predicted octanol–water partition coefficient (Wildman–Crippen LogP) is 6.83. The summed E-state index contributed by atoms with van der Waals surface area (Å²) in [4.78, 5) is 20.8. The second kappa shape index (κ2) is 11.6. The number of methoxy groups -OCH3 is 2. The maximum atomic E-state index is 14.1. The van der Waals surface area contributed by atoms with Crippen LogP contribution in [0.2, 0.25) is 0 Å². The normalized spacial score (nSPS) is 11.8. The molecule has 0 saturated heterocycles. The predicted molar refractivity (Wildman–Crippen MR) is 137 cm³/mol. The molecule has 0 bridgehead atoms. The Morgan fingerprint density at radius 2 is 1.45 bits per heavy atom. The molecule has 0 aliphatic rings. The fourth-order valence-electron chi connectivity index (χ4n) is 3.68. The second-order valence-corrected chi connectivity index (χ2v) is 9.26. The Labute approximate surface area is 220 Å². The third kappa shape index (κ3) is 5.62. The first-order chi connectivity index (χ1) is 18.2. The van der Waals surface area contributed by atoms with Gasteiger partial charge in [-0.3, -0.25) is 4.79 Å². The van der Waals surface area contributed by atoms with Crippen LogP contribution in [0.3, 0.4) is 0 Å². The number of aromatic nitrogens is 2. The van der Waals surface area contributed by atoms with Crippen LogP contribution in [0, 0.1) is 23.3 Å². The lowest BCUT2D eigenvalue weighted by atomic mass is 10.0. The number of carbonyl (C=O) groups excluding carboxylic acids is 1. The van der Waals surface area contributed by atoms with Gasteiger partial charge in [0.2, 0.25) is 5.91 Å². The van der Waals surface area contributed by atoms with Crippen molar-refractivity contribution in [2.24, 2.45) is 0 Å². The number of aromatic amines is 1. The summed E-state index contributed by atoms with van der Waals surface area (Å²) >= 11 is 1.02. The minimum Gasteiger partial charge on any atom is -0.497 e. The quantitative estimate of drug-likeness (QED) is 0.137. The first-order valence-corrected chi connectivity index (χ1v) is 12.3. The minimum atomic E-state index is -1.68. The molecule has 0 aliphatic heterocycles. The van der Waals surface area contributed by atoms with Gasteiger partial charge in [-0.1, -0.05) is 18.7 Å². The molecule has 1 aromatic heterocycles. The average molecular weight is 546 g/mol. The molecule has 1 unspecified atom stereocenters. The first kappa shape index (κ1) is 27.1. The van der Waals surface area contributed by atoms with Crippen LogP contribution >= 0.6 is 11.8 Å². The van der Waals surface area contributed by atoms with Gasteiger partial charge in [-0.2, -0.15) is 0 Å². The summed E-state index contributed by atoms with van der Waals surface area (Å²) in [5, 5.41) is 1.45. The average Bonchev–Trinajstić information content (AvgIpc) is 3.36. The van der Waals surface area contributed by atoms with Gasteiger partial charge in [0.15, 0.2) is 28.4 Å². The number of thioether (sulfide) groups is 1. The molecular formula is C27H23F4N3O3S. The SMILES string of the molecule is CCC(Sc1nc(-c2ccc(OC)cc2)c(-c2ccc(OC)cc2)[nH]1)C(=O)Nc1c(F)c(F)cc(F)c1F. The molecule has 4 rings (SSSR count). The number of anilines is 1. The van der Waals surface area contributed by atoms with Gasteiger partial charge in [-0.05, 0) is 55.0 Å². The van der Waals surface area contributed by atoms with Gasteiger partial charge in [0.1, 0.15) is 17.2 Å². The van der Waals surface area contributed by atoms with Gasteiger partial charge in [0, 0.05) is 17.2 Å². The Morgan fingerprint density at radius 3 is 1.95 bits per heavy atom. The molecule has 2 N–H and O–H groups in total. The molecule has 11 heteroatoms. The van der Waals surface area contributed by atoms with Crippen molar-refractivity contribution < 1.29 is 31.8 Å². The lowest BCUT2D eigenvalue weighted by molar-refractivity contribution is -0.115. The number of nitrogens with one attached hydrogen (secondary N) is 2. The van der Waals surface area contributed by atoms with Gasteiger partial charge in [0.25, 0.3) is 0 Å². The molecule has 6 nitrogen and oxygen atoms in total. The van der Waals surface area contributed by atoms with Crippen molar-refractivity contribution >= 4 is 23.4 Å². The molecule has 0 radical (unpaired) electrons. The number of hydrogen-bond donors (Lipinski definition) is 2. The molecule has 0 fully saturated rings. The number of imidazole rings is 1. The number of hydrogen-bond acceptors (Lipinski definition) is 5. The van der Waals surface area contributed by atoms with Gasteiger partial charge < -0.3 is 19.8 Å². The van der Waals surface area contributed by atoms with E-state index in [1.165, 1.54) is 0 Å². The third-order valence-electron chi connectivity index (χ3n) is 5.70. The standard InChI is InChI=1S/C27H23F4N3O3S/c1-4-20(26(35)32-25-21(30)18(28)13-19(29)22(25)31)38-27-33-23(14-5-9-16(36-2)10-6-14)24(34-27)15-7-11-17(37-3)12-8-15/h5-13,20H,4H2,1-3H3,(H,32,35)(H,33,34). The van der Waals surface area contributed by atoms with Crippen LogP contribution in [-0.4, -0.2) is 35.3 Å². The summed E-state index contributed by atoms with van der Waals surface area (Å²) in [5.74, 6) is -6.09. The molecule has 198 valence electrons. The van der Waals surface area contributed by atoms with Crippen molar-refractivity contribution in [2.75, 3.05) is 19.5 Å². The van der Waals surface area contributed by atoms with E-state index in [2.05, 4.69) is 9.97 Å². The maximum Gasteiger partial charge on any atom is 0.238 e. The van der Waals surface area contributed by atoms with Gasteiger partial charge >= 0.3 is 0 Å². The molecule has 38 heavy (non-hydrogen) atoms. The Bertz CT molecular complexity index is 1350. The lowest BCUT2D eigenvalue weighted by Gasteiger charge is -2.14. The fraction of sp³-hybridized carbons (Fsp3) is 0.185. The van der Waals surface area contributed by atoms with Crippen LogP contribution in [0.1, 0.15) is 13.3 Å². The summed E-state index contributed by atoms with van der Waals surface area (Å²) in [7, 11) is 3.13. The molecular weight excluding hydrogens is 522 g/mol. The zero-order valence-electron chi connectivity index (χ0n) is 20.6. The second-order valence-electron chi connectivity index (χ2n) is 8.07. The molecule has 1 atom stereocenters. The van der Waals surface area contributed by atoms with E-state index in [4.69, 9.17) is 9.47 Å². The summed E-state index contributed by atoms with van der Waals surface area (Å²) in [6.45, 7) is 1.69. The van der Waals surface area contributed by atoms with Crippen LogP contribution in [0.5, 0.6) is 11.5 Å². The topological polar surface area (TPSA) is 76.2 Å². The van der Waals surface area contributed by atoms with Crippen molar-refractivity contribution in [3.05, 3.63) is 77.9 Å². The van der Waals surface area contributed by atoms with Crippen molar-refractivity contribution in [2.45, 2.75) is 23.8 Å². The molecule has 4 aromatic rings. The number of carbonyl (C=O) groups is 1. The van der Waals surface area contributed by atoms with Crippen LogP contribution in [0.15, 0.2) is 59.8 Å². The van der Waals surface area contributed by atoms with Gasteiger partial charge in [0.05, 0.1) is 30.9 Å². The summed E-state index contributed by atoms with van der Waals surface area (Å²) < 4.78 is 65.9. The first-order valence-electron chi connectivity index (χ1n) is 11.4. The molecule has 0 saturated carbocycles. The van der Waals surface area contributed by atoms with E-state index in [9.17, 15) is 22.4 Å². The highest BCUT2D eigenvalue weighted by atomic mass is 32.2. The Balaban J connectivity index is 1.66. The molecule has 0 spiro atoms. The molecule has 1 heterocycles. The number of rotatable bonds is 9. The van der Waals surface area contributed by atoms with E-state index >= 15 is 0 Å². The number of nitrogens with zero attached hydrogens (tertiary/aromatic N) is 1. The number of H-pyrrole nitrogens is 1. The highest BCUT2D eigenvalue weighted by molar-refractivity contribution is 8.00. The summed E-state index contributed by atoms with van der Waals surface area (Å²) in [5.41, 5.74) is 1.66.